The van der Waals surface area contributed by atoms with E-state index in [9.17, 15) is 10.1 Å². The van der Waals surface area contributed by atoms with Gasteiger partial charge in [-0.15, -0.1) is 0 Å². The average Bonchev–Trinajstić information content (AvgIpc) is 3.29. The van der Waals surface area contributed by atoms with Crippen molar-refractivity contribution in [3.05, 3.63) is 117 Å². The van der Waals surface area contributed by atoms with Crippen LogP contribution >= 0.6 is 15.9 Å². The normalized spacial score (nSPS) is 11.3. The van der Waals surface area contributed by atoms with E-state index in [1.54, 1.807) is 17.1 Å². The SMILES string of the molecule is O=[N+]([O-])/C(=N\N(Cc1ccccc1)Cc1ccccc1)c1nc(-c2ccc(Br)cc2)no1. The minimum absolute atomic E-state index is 0.250. The van der Waals surface area contributed by atoms with Gasteiger partial charge in [-0.1, -0.05) is 81.8 Å². The largest absolute Gasteiger partial charge is 0.453 e. The van der Waals surface area contributed by atoms with Gasteiger partial charge in [0.2, 0.25) is 5.82 Å². The molecule has 0 aliphatic carbocycles. The van der Waals surface area contributed by atoms with Gasteiger partial charge >= 0.3 is 11.7 Å². The van der Waals surface area contributed by atoms with Crippen LogP contribution in [0.25, 0.3) is 11.4 Å². The van der Waals surface area contributed by atoms with E-state index in [1.807, 2.05) is 72.8 Å². The number of hydrogen-bond donors (Lipinski definition) is 0. The summed E-state index contributed by atoms with van der Waals surface area (Å²) >= 11 is 3.37. The van der Waals surface area contributed by atoms with E-state index in [4.69, 9.17) is 4.52 Å². The molecule has 1 heterocycles. The van der Waals surface area contributed by atoms with Crippen LogP contribution in [0.3, 0.4) is 0 Å². The number of hydrogen-bond acceptors (Lipinski definition) is 7. The highest BCUT2D eigenvalue weighted by atomic mass is 79.9. The topological polar surface area (TPSA) is 97.7 Å². The van der Waals surface area contributed by atoms with Crippen molar-refractivity contribution in [3.63, 3.8) is 0 Å². The van der Waals surface area contributed by atoms with E-state index >= 15 is 0 Å². The second-order valence-electron chi connectivity index (χ2n) is 6.90. The molecule has 0 aliphatic heterocycles. The number of hydrazone groups is 1. The van der Waals surface area contributed by atoms with Crippen molar-refractivity contribution in [1.82, 2.24) is 15.1 Å². The summed E-state index contributed by atoms with van der Waals surface area (Å²) < 4.78 is 6.10. The first-order chi connectivity index (χ1) is 15.6. The summed E-state index contributed by atoms with van der Waals surface area (Å²) in [7, 11) is 0. The number of aromatic nitrogens is 2. The van der Waals surface area contributed by atoms with Crippen LogP contribution in [0.15, 0.2) is 99.0 Å². The Balaban J connectivity index is 1.66. The summed E-state index contributed by atoms with van der Waals surface area (Å²) in [5, 5.41) is 21.7. The van der Waals surface area contributed by atoms with Crippen LogP contribution in [0, 0.1) is 10.1 Å². The molecule has 160 valence electrons. The van der Waals surface area contributed by atoms with Gasteiger partial charge in [0.1, 0.15) is 0 Å². The monoisotopic (exact) mass is 491 g/mol. The van der Waals surface area contributed by atoms with Crippen molar-refractivity contribution in [3.8, 4) is 11.4 Å². The first-order valence-corrected chi connectivity index (χ1v) is 10.5. The summed E-state index contributed by atoms with van der Waals surface area (Å²) in [5.41, 5.74) is 2.61. The summed E-state index contributed by atoms with van der Waals surface area (Å²) in [6.45, 7) is 0.752. The van der Waals surface area contributed by atoms with Gasteiger partial charge in [-0.3, -0.25) is 0 Å². The van der Waals surface area contributed by atoms with Gasteiger partial charge in [-0.25, -0.2) is 0 Å². The third-order valence-corrected chi connectivity index (χ3v) is 5.07. The molecule has 0 radical (unpaired) electrons. The van der Waals surface area contributed by atoms with Crippen molar-refractivity contribution < 1.29 is 9.45 Å². The lowest BCUT2D eigenvalue weighted by Gasteiger charge is -2.14. The van der Waals surface area contributed by atoms with Crippen molar-refractivity contribution in [1.29, 1.82) is 0 Å². The lowest BCUT2D eigenvalue weighted by atomic mass is 10.2. The molecule has 32 heavy (non-hydrogen) atoms. The Hall–Kier alpha value is -3.85. The highest BCUT2D eigenvalue weighted by molar-refractivity contribution is 9.10. The molecule has 0 amide bonds. The molecule has 0 spiro atoms. The second kappa shape index (κ2) is 9.97. The van der Waals surface area contributed by atoms with Gasteiger partial charge in [0.25, 0.3) is 0 Å². The van der Waals surface area contributed by atoms with Crippen molar-refractivity contribution in [2.24, 2.45) is 5.10 Å². The quantitative estimate of drug-likeness (QED) is 0.153. The summed E-state index contributed by atoms with van der Waals surface area (Å²) in [5.74, 6) is -0.508. The number of halogens is 1. The summed E-state index contributed by atoms with van der Waals surface area (Å²) in [6, 6.07) is 26.5. The van der Waals surface area contributed by atoms with E-state index in [-0.39, 0.29) is 11.7 Å². The number of nitrogens with zero attached hydrogens (tertiary/aromatic N) is 5. The molecule has 0 aliphatic rings. The number of amidine groups is 1. The summed E-state index contributed by atoms with van der Waals surface area (Å²) in [4.78, 5) is 15.4. The van der Waals surface area contributed by atoms with Crippen LogP contribution in [0.4, 0.5) is 0 Å². The van der Waals surface area contributed by atoms with E-state index in [2.05, 4.69) is 31.2 Å². The standard InChI is InChI=1S/C23H18BrN5O3/c24-20-13-11-19(12-14-20)21-25-23(32-27-21)22(29(30)31)26-28(15-17-7-3-1-4-8-17)16-18-9-5-2-6-10-18/h1-14H,15-16H2/b26-22-. The number of nitro groups is 1. The van der Waals surface area contributed by atoms with Crippen LogP contribution in [0.1, 0.15) is 17.0 Å². The van der Waals surface area contributed by atoms with Gasteiger partial charge in [0, 0.05) is 10.0 Å². The number of rotatable bonds is 7. The Morgan fingerprint density at radius 1 is 0.938 bits per heavy atom. The first-order valence-electron chi connectivity index (χ1n) is 9.74. The van der Waals surface area contributed by atoms with Gasteiger partial charge in [0.05, 0.1) is 18.2 Å². The summed E-state index contributed by atoms with van der Waals surface area (Å²) in [6.07, 6.45) is 0. The Labute approximate surface area is 192 Å². The Morgan fingerprint density at radius 3 is 2.03 bits per heavy atom. The zero-order valence-electron chi connectivity index (χ0n) is 16.8. The highest BCUT2D eigenvalue weighted by Gasteiger charge is 2.27. The molecule has 9 heteroatoms. The van der Waals surface area contributed by atoms with Gasteiger partial charge in [0.15, 0.2) is 0 Å². The molecule has 1 aromatic heterocycles. The van der Waals surface area contributed by atoms with E-state index < -0.39 is 10.8 Å². The molecular weight excluding hydrogens is 474 g/mol. The average molecular weight is 492 g/mol. The van der Waals surface area contributed by atoms with Crippen LogP contribution in [-0.4, -0.2) is 25.9 Å². The maximum absolute atomic E-state index is 11.8. The number of benzene rings is 3. The molecular formula is C23H18BrN5O3. The van der Waals surface area contributed by atoms with Crippen molar-refractivity contribution in [2.75, 3.05) is 0 Å². The van der Waals surface area contributed by atoms with Gasteiger partial charge in [-0.2, -0.15) is 9.99 Å². The molecule has 0 saturated carbocycles. The third-order valence-electron chi connectivity index (χ3n) is 4.54. The van der Waals surface area contributed by atoms with E-state index in [0.717, 1.165) is 15.6 Å². The molecule has 3 aromatic carbocycles. The Bertz CT molecular complexity index is 1170. The molecule has 4 aromatic rings. The molecule has 0 saturated heterocycles. The minimum atomic E-state index is -0.609. The van der Waals surface area contributed by atoms with Gasteiger partial charge in [-0.05, 0) is 40.3 Å². The lowest BCUT2D eigenvalue weighted by molar-refractivity contribution is -0.351. The fourth-order valence-corrected chi connectivity index (χ4v) is 3.30. The zero-order valence-corrected chi connectivity index (χ0v) is 18.4. The van der Waals surface area contributed by atoms with Gasteiger partial charge < -0.3 is 14.6 Å². The minimum Gasteiger partial charge on any atom is -0.358 e. The molecule has 0 fully saturated rings. The van der Waals surface area contributed by atoms with Crippen molar-refractivity contribution in [2.45, 2.75) is 13.1 Å². The van der Waals surface area contributed by atoms with Crippen molar-refractivity contribution >= 4 is 21.8 Å². The molecule has 0 unspecified atom stereocenters. The predicted octanol–water partition coefficient (Wildman–Crippen LogP) is 5.14. The Morgan fingerprint density at radius 2 is 1.50 bits per heavy atom. The molecule has 0 atom stereocenters. The first kappa shape index (κ1) is 21.4. The highest BCUT2D eigenvalue weighted by Crippen LogP contribution is 2.20. The van der Waals surface area contributed by atoms with Crippen LogP contribution in [0.2, 0.25) is 0 Å². The molecule has 8 nitrogen and oxygen atoms in total. The van der Waals surface area contributed by atoms with Crippen LogP contribution in [0.5, 0.6) is 0 Å². The van der Waals surface area contributed by atoms with Crippen LogP contribution < -0.4 is 0 Å². The predicted molar refractivity (Wildman–Crippen MR) is 123 cm³/mol. The second-order valence-corrected chi connectivity index (χ2v) is 7.82. The maximum atomic E-state index is 11.8. The molecule has 0 bridgehead atoms. The third kappa shape index (κ3) is 5.44. The molecule has 4 rings (SSSR count). The van der Waals surface area contributed by atoms with E-state index in [0.29, 0.717) is 18.7 Å². The Kier molecular flexibility index (Phi) is 6.66. The van der Waals surface area contributed by atoms with Crippen LogP contribution in [-0.2, 0) is 13.1 Å². The smallest absolute Gasteiger partial charge is 0.358 e. The fourth-order valence-electron chi connectivity index (χ4n) is 3.04. The lowest BCUT2D eigenvalue weighted by Crippen LogP contribution is -2.23. The fraction of sp³-hybridized carbons (Fsp3) is 0.0870. The zero-order chi connectivity index (χ0) is 22.3. The molecule has 0 N–H and O–H groups in total. The van der Waals surface area contributed by atoms with E-state index in [1.165, 1.54) is 0 Å². The maximum Gasteiger partial charge on any atom is 0.453 e.